The minimum Gasteiger partial charge on any atom is -0.394 e. The summed E-state index contributed by atoms with van der Waals surface area (Å²) in [5.74, 6) is 0.997. The van der Waals surface area contributed by atoms with E-state index in [1.807, 2.05) is 0 Å². The zero-order valence-corrected chi connectivity index (χ0v) is 13.8. The molecule has 3 rings (SSSR count). The van der Waals surface area contributed by atoms with Gasteiger partial charge in [-0.3, -0.25) is 0 Å². The van der Waals surface area contributed by atoms with Crippen LogP contribution in [0, 0.1) is 5.92 Å². The number of hydrogen-bond donors (Lipinski definition) is 2. The minimum absolute atomic E-state index is 0.00791. The lowest BCUT2D eigenvalue weighted by Gasteiger charge is -2.39. The molecule has 3 heteroatoms. The first-order valence-electron chi connectivity index (χ1n) is 9.39. The van der Waals surface area contributed by atoms with Crippen molar-refractivity contribution in [3.63, 3.8) is 0 Å². The summed E-state index contributed by atoms with van der Waals surface area (Å²) in [6.07, 6.45) is 13.2. The third kappa shape index (κ3) is 3.80. The van der Waals surface area contributed by atoms with Gasteiger partial charge in [0.1, 0.15) is 0 Å². The number of aliphatic hydroxyl groups excluding tert-OH is 1. The van der Waals surface area contributed by atoms with E-state index in [1.54, 1.807) is 0 Å². The van der Waals surface area contributed by atoms with Crippen molar-refractivity contribution in [1.82, 2.24) is 10.2 Å². The third-order valence-corrected chi connectivity index (χ3v) is 6.28. The second kappa shape index (κ2) is 6.97. The van der Waals surface area contributed by atoms with Gasteiger partial charge in [0.25, 0.3) is 0 Å². The lowest BCUT2D eigenvalue weighted by Crippen LogP contribution is -2.50. The van der Waals surface area contributed by atoms with E-state index in [0.717, 1.165) is 24.8 Å². The maximum atomic E-state index is 9.86. The molecule has 0 aromatic carbocycles. The van der Waals surface area contributed by atoms with Crippen LogP contribution in [0.2, 0.25) is 0 Å². The van der Waals surface area contributed by atoms with Crippen LogP contribution in [-0.4, -0.2) is 47.3 Å². The van der Waals surface area contributed by atoms with Gasteiger partial charge in [0.05, 0.1) is 6.61 Å². The molecule has 3 unspecified atom stereocenters. The zero-order chi connectivity index (χ0) is 14.7. The number of nitrogens with one attached hydrogen (secondary N) is 1. The number of likely N-dealkylation sites (tertiary alicyclic amines) is 1. The fourth-order valence-corrected chi connectivity index (χ4v) is 4.70. The van der Waals surface area contributed by atoms with E-state index in [4.69, 9.17) is 0 Å². The first-order chi connectivity index (χ1) is 10.3. The maximum absolute atomic E-state index is 9.86. The summed E-state index contributed by atoms with van der Waals surface area (Å²) in [5.41, 5.74) is -0.00791. The van der Waals surface area contributed by atoms with Crippen LogP contribution in [0.4, 0.5) is 0 Å². The van der Waals surface area contributed by atoms with Crippen molar-refractivity contribution in [3.05, 3.63) is 0 Å². The van der Waals surface area contributed by atoms with E-state index in [2.05, 4.69) is 17.1 Å². The number of rotatable bonds is 8. The molecular formula is C18H34N2O. The standard InChI is InChI=1S/C18H34N2O/c1-2-18(14-21,19-16-9-10-16)11-5-13-20-12-4-7-15-6-3-8-17(15)20/h15-17,19,21H,2-14H2,1H3. The van der Waals surface area contributed by atoms with Crippen molar-refractivity contribution in [2.24, 2.45) is 5.92 Å². The van der Waals surface area contributed by atoms with Crippen molar-refractivity contribution in [1.29, 1.82) is 0 Å². The zero-order valence-electron chi connectivity index (χ0n) is 13.8. The Morgan fingerprint density at radius 2 is 1.95 bits per heavy atom. The van der Waals surface area contributed by atoms with Gasteiger partial charge in [0.2, 0.25) is 0 Å². The van der Waals surface area contributed by atoms with Crippen molar-refractivity contribution in [2.75, 3.05) is 19.7 Å². The summed E-state index contributed by atoms with van der Waals surface area (Å²) in [7, 11) is 0. The summed E-state index contributed by atoms with van der Waals surface area (Å²) in [6, 6.07) is 1.58. The Balaban J connectivity index is 1.47. The first kappa shape index (κ1) is 15.8. The quantitative estimate of drug-likeness (QED) is 0.722. The Bertz CT molecular complexity index is 325. The van der Waals surface area contributed by atoms with Crippen LogP contribution in [-0.2, 0) is 0 Å². The van der Waals surface area contributed by atoms with E-state index < -0.39 is 0 Å². The molecule has 0 radical (unpaired) electrons. The number of aliphatic hydroxyl groups is 1. The fourth-order valence-electron chi connectivity index (χ4n) is 4.70. The van der Waals surface area contributed by atoms with Gasteiger partial charge in [0, 0.05) is 17.6 Å². The molecule has 3 fully saturated rings. The predicted molar refractivity (Wildman–Crippen MR) is 87.4 cm³/mol. The number of piperidine rings is 1. The van der Waals surface area contributed by atoms with Crippen LogP contribution in [0.15, 0.2) is 0 Å². The van der Waals surface area contributed by atoms with E-state index in [1.165, 1.54) is 64.5 Å². The Hall–Kier alpha value is -0.120. The monoisotopic (exact) mass is 294 g/mol. The molecule has 0 aromatic rings. The second-order valence-corrected chi connectivity index (χ2v) is 7.75. The minimum atomic E-state index is -0.00791. The summed E-state index contributed by atoms with van der Waals surface area (Å²) in [4.78, 5) is 2.77. The molecule has 3 atom stereocenters. The van der Waals surface area contributed by atoms with Crippen LogP contribution in [0.25, 0.3) is 0 Å². The van der Waals surface area contributed by atoms with Gasteiger partial charge in [0.15, 0.2) is 0 Å². The molecule has 21 heavy (non-hydrogen) atoms. The van der Waals surface area contributed by atoms with E-state index in [0.29, 0.717) is 12.6 Å². The van der Waals surface area contributed by atoms with Gasteiger partial charge in [-0.15, -0.1) is 0 Å². The Kier molecular flexibility index (Phi) is 5.23. The van der Waals surface area contributed by atoms with Crippen molar-refractivity contribution < 1.29 is 5.11 Å². The van der Waals surface area contributed by atoms with E-state index >= 15 is 0 Å². The van der Waals surface area contributed by atoms with Gasteiger partial charge in [-0.25, -0.2) is 0 Å². The molecule has 2 N–H and O–H groups in total. The normalized spacial score (nSPS) is 32.9. The summed E-state index contributed by atoms with van der Waals surface area (Å²) in [5, 5.41) is 13.6. The first-order valence-corrected chi connectivity index (χ1v) is 9.39. The van der Waals surface area contributed by atoms with Crippen LogP contribution in [0.5, 0.6) is 0 Å². The van der Waals surface area contributed by atoms with Crippen molar-refractivity contribution in [3.8, 4) is 0 Å². The highest BCUT2D eigenvalue weighted by atomic mass is 16.3. The number of hydrogen-bond acceptors (Lipinski definition) is 3. The molecule has 0 bridgehead atoms. The van der Waals surface area contributed by atoms with Crippen LogP contribution in [0.3, 0.4) is 0 Å². The molecule has 3 aliphatic rings. The predicted octanol–water partition coefficient (Wildman–Crippen LogP) is 2.92. The lowest BCUT2D eigenvalue weighted by atomic mass is 9.89. The molecule has 0 amide bonds. The highest BCUT2D eigenvalue weighted by Gasteiger charge is 2.36. The molecule has 3 nitrogen and oxygen atoms in total. The largest absolute Gasteiger partial charge is 0.394 e. The Labute approximate surface area is 130 Å². The average molecular weight is 294 g/mol. The van der Waals surface area contributed by atoms with Gasteiger partial charge < -0.3 is 15.3 Å². The average Bonchev–Trinajstić information content (AvgIpc) is 3.19. The highest BCUT2D eigenvalue weighted by molar-refractivity contribution is 4.95. The Morgan fingerprint density at radius 1 is 1.14 bits per heavy atom. The molecule has 0 spiro atoms. The van der Waals surface area contributed by atoms with Gasteiger partial charge in [-0.2, -0.15) is 0 Å². The SMILES string of the molecule is CCC(CO)(CCCN1CCCC2CCCC21)NC1CC1. The van der Waals surface area contributed by atoms with Gasteiger partial charge in [-0.05, 0) is 76.8 Å². The van der Waals surface area contributed by atoms with Crippen LogP contribution < -0.4 is 5.32 Å². The smallest absolute Gasteiger partial charge is 0.0613 e. The van der Waals surface area contributed by atoms with Gasteiger partial charge >= 0.3 is 0 Å². The lowest BCUT2D eigenvalue weighted by molar-refractivity contribution is 0.0972. The second-order valence-electron chi connectivity index (χ2n) is 7.75. The molecule has 122 valence electrons. The molecule has 1 saturated heterocycles. The Morgan fingerprint density at radius 3 is 2.67 bits per heavy atom. The fraction of sp³-hybridized carbons (Fsp3) is 1.00. The molecule has 1 aliphatic heterocycles. The maximum Gasteiger partial charge on any atom is 0.0613 e. The summed E-state index contributed by atoms with van der Waals surface area (Å²) < 4.78 is 0. The number of fused-ring (bicyclic) bond motifs is 1. The third-order valence-electron chi connectivity index (χ3n) is 6.28. The highest BCUT2D eigenvalue weighted by Crippen LogP contribution is 2.37. The molecule has 2 saturated carbocycles. The molecule has 1 heterocycles. The van der Waals surface area contributed by atoms with E-state index in [-0.39, 0.29) is 5.54 Å². The van der Waals surface area contributed by atoms with Crippen LogP contribution >= 0.6 is 0 Å². The topological polar surface area (TPSA) is 35.5 Å². The van der Waals surface area contributed by atoms with Crippen LogP contribution in [0.1, 0.15) is 71.1 Å². The molecule has 0 aromatic heterocycles. The van der Waals surface area contributed by atoms with Crippen molar-refractivity contribution in [2.45, 2.75) is 88.8 Å². The molecule has 2 aliphatic carbocycles. The van der Waals surface area contributed by atoms with Gasteiger partial charge in [-0.1, -0.05) is 13.3 Å². The number of nitrogens with zero attached hydrogens (tertiary/aromatic N) is 1. The van der Waals surface area contributed by atoms with E-state index in [9.17, 15) is 5.11 Å². The summed E-state index contributed by atoms with van der Waals surface area (Å²) >= 11 is 0. The summed E-state index contributed by atoms with van der Waals surface area (Å²) in [6.45, 7) is 5.08. The van der Waals surface area contributed by atoms with Crippen molar-refractivity contribution >= 4 is 0 Å². The molecular weight excluding hydrogens is 260 g/mol.